The largest absolute Gasteiger partial charge is 0.441 e. The number of aryl methyl sites for hydroxylation is 1. The average Bonchev–Trinajstić information content (AvgIpc) is 3.48. The molecule has 0 bridgehead atoms. The molecule has 0 fully saturated rings. The molecule has 150 valence electrons. The van der Waals surface area contributed by atoms with E-state index in [2.05, 4.69) is 20.3 Å². The molecule has 0 radical (unpaired) electrons. The lowest BCUT2D eigenvalue weighted by atomic mass is 10.2. The Kier molecular flexibility index (Phi) is 4.93. The summed E-state index contributed by atoms with van der Waals surface area (Å²) in [6, 6.07) is 13.0. The van der Waals surface area contributed by atoms with Crippen LogP contribution in [0.5, 0.6) is 0 Å². The molecule has 0 aliphatic rings. The summed E-state index contributed by atoms with van der Waals surface area (Å²) in [4.78, 5) is 17.8. The van der Waals surface area contributed by atoms with Crippen LogP contribution in [0.15, 0.2) is 62.2 Å². The van der Waals surface area contributed by atoms with Crippen LogP contribution in [0.1, 0.15) is 11.5 Å². The molecule has 7 nitrogen and oxygen atoms in total. The van der Waals surface area contributed by atoms with Gasteiger partial charge in [0.25, 0.3) is 5.56 Å². The Morgan fingerprint density at radius 1 is 1.27 bits per heavy atom. The van der Waals surface area contributed by atoms with E-state index >= 15 is 0 Å². The van der Waals surface area contributed by atoms with E-state index in [1.807, 2.05) is 36.6 Å². The molecule has 0 amide bonds. The van der Waals surface area contributed by atoms with Crippen LogP contribution < -0.4 is 5.56 Å². The summed E-state index contributed by atoms with van der Waals surface area (Å²) in [5.41, 5.74) is 2.58. The summed E-state index contributed by atoms with van der Waals surface area (Å²) in [6.45, 7) is 1.88. The molecular formula is C20H14ClN5O2S2. The molecule has 5 rings (SSSR count). The van der Waals surface area contributed by atoms with Gasteiger partial charge in [0.2, 0.25) is 11.0 Å². The van der Waals surface area contributed by atoms with Crippen molar-refractivity contribution in [2.75, 3.05) is 0 Å². The number of fused-ring (bicyclic) bond motifs is 1. The van der Waals surface area contributed by atoms with Crippen molar-refractivity contribution in [3.63, 3.8) is 0 Å². The van der Waals surface area contributed by atoms with Gasteiger partial charge < -0.3 is 4.42 Å². The molecule has 1 aromatic carbocycles. The lowest BCUT2D eigenvalue weighted by Gasteiger charge is -2.01. The molecule has 4 heterocycles. The maximum Gasteiger partial charge on any atom is 0.290 e. The van der Waals surface area contributed by atoms with E-state index in [4.69, 9.17) is 16.0 Å². The number of nitrogens with zero attached hydrogens (tertiary/aromatic N) is 4. The van der Waals surface area contributed by atoms with Crippen LogP contribution in [0.25, 0.3) is 27.5 Å². The smallest absolute Gasteiger partial charge is 0.290 e. The SMILES string of the molecule is Cc1oc(-c2ccc(Cl)cc2)nc1CSc1n[nH]c(=O)c2cc(-c3cccs3)nn12. The number of thiophene rings is 1. The first-order valence-electron chi connectivity index (χ1n) is 8.96. The number of aromatic nitrogens is 5. The van der Waals surface area contributed by atoms with Gasteiger partial charge in [-0.3, -0.25) is 4.79 Å². The topological polar surface area (TPSA) is 89.1 Å². The van der Waals surface area contributed by atoms with Crippen LogP contribution in [0, 0.1) is 6.92 Å². The van der Waals surface area contributed by atoms with Gasteiger partial charge in [-0.05, 0) is 48.7 Å². The summed E-state index contributed by atoms with van der Waals surface area (Å²) < 4.78 is 7.40. The van der Waals surface area contributed by atoms with Crippen molar-refractivity contribution in [2.45, 2.75) is 17.8 Å². The van der Waals surface area contributed by atoms with E-state index in [1.54, 1.807) is 34.1 Å². The quantitative estimate of drug-likeness (QED) is 0.373. The average molecular weight is 456 g/mol. The van der Waals surface area contributed by atoms with Gasteiger partial charge >= 0.3 is 0 Å². The molecule has 1 N–H and O–H groups in total. The number of H-pyrrole nitrogens is 1. The Balaban J connectivity index is 1.43. The summed E-state index contributed by atoms with van der Waals surface area (Å²) in [5.74, 6) is 1.79. The third-order valence-corrected chi connectivity index (χ3v) is 6.56. The van der Waals surface area contributed by atoms with E-state index in [9.17, 15) is 4.79 Å². The molecule has 4 aromatic heterocycles. The van der Waals surface area contributed by atoms with Gasteiger partial charge in [0, 0.05) is 16.3 Å². The van der Waals surface area contributed by atoms with Gasteiger partial charge in [-0.1, -0.05) is 29.4 Å². The maximum atomic E-state index is 12.2. The molecule has 5 aromatic rings. The Labute approximate surface area is 183 Å². The predicted octanol–water partition coefficient (Wildman–Crippen LogP) is 5.06. The number of hydrogen-bond donors (Lipinski definition) is 1. The lowest BCUT2D eigenvalue weighted by Crippen LogP contribution is -2.13. The number of oxazole rings is 1. The number of halogens is 1. The third-order valence-electron chi connectivity index (χ3n) is 4.47. The number of benzene rings is 1. The van der Waals surface area contributed by atoms with E-state index in [0.717, 1.165) is 27.6 Å². The van der Waals surface area contributed by atoms with E-state index in [-0.39, 0.29) is 5.56 Å². The Hall–Kier alpha value is -2.88. The normalized spacial score (nSPS) is 11.4. The van der Waals surface area contributed by atoms with Crippen LogP contribution in [-0.4, -0.2) is 24.8 Å². The molecule has 0 saturated carbocycles. The molecular weight excluding hydrogens is 442 g/mol. The number of thioether (sulfide) groups is 1. The predicted molar refractivity (Wildman–Crippen MR) is 118 cm³/mol. The maximum absolute atomic E-state index is 12.2. The molecule has 0 atom stereocenters. The Morgan fingerprint density at radius 2 is 2.10 bits per heavy atom. The van der Waals surface area contributed by atoms with Gasteiger partial charge in [0.1, 0.15) is 17.0 Å². The number of nitrogens with one attached hydrogen (secondary N) is 1. The van der Waals surface area contributed by atoms with Crippen molar-refractivity contribution >= 4 is 40.2 Å². The van der Waals surface area contributed by atoms with Crippen molar-refractivity contribution in [3.05, 3.63) is 74.7 Å². The van der Waals surface area contributed by atoms with Gasteiger partial charge in [0.15, 0.2) is 0 Å². The summed E-state index contributed by atoms with van der Waals surface area (Å²) >= 11 is 8.95. The zero-order chi connectivity index (χ0) is 20.7. The van der Waals surface area contributed by atoms with Crippen molar-refractivity contribution in [1.82, 2.24) is 24.8 Å². The number of hydrogen-bond acceptors (Lipinski definition) is 7. The lowest BCUT2D eigenvalue weighted by molar-refractivity contribution is 0.540. The first kappa shape index (κ1) is 19.1. The van der Waals surface area contributed by atoms with Crippen LogP contribution in [0.2, 0.25) is 5.02 Å². The van der Waals surface area contributed by atoms with Gasteiger partial charge in [0.05, 0.1) is 10.6 Å². The minimum absolute atomic E-state index is 0.280. The van der Waals surface area contributed by atoms with E-state index in [0.29, 0.717) is 27.3 Å². The fraction of sp³-hybridized carbons (Fsp3) is 0.100. The molecule has 0 aliphatic heterocycles. The van der Waals surface area contributed by atoms with Gasteiger partial charge in [-0.2, -0.15) is 5.10 Å². The fourth-order valence-electron chi connectivity index (χ4n) is 2.94. The Morgan fingerprint density at radius 3 is 2.87 bits per heavy atom. The minimum Gasteiger partial charge on any atom is -0.441 e. The second-order valence-corrected chi connectivity index (χ2v) is 8.78. The van der Waals surface area contributed by atoms with Gasteiger partial charge in [-0.25, -0.2) is 14.6 Å². The highest BCUT2D eigenvalue weighted by Gasteiger charge is 2.16. The second-order valence-electron chi connectivity index (χ2n) is 6.46. The molecule has 10 heteroatoms. The highest BCUT2D eigenvalue weighted by molar-refractivity contribution is 7.98. The first-order chi connectivity index (χ1) is 14.6. The van der Waals surface area contributed by atoms with E-state index in [1.165, 1.54) is 11.8 Å². The van der Waals surface area contributed by atoms with Crippen molar-refractivity contribution in [3.8, 4) is 22.0 Å². The molecule has 0 saturated heterocycles. The molecule has 0 aliphatic carbocycles. The zero-order valence-electron chi connectivity index (χ0n) is 15.6. The van der Waals surface area contributed by atoms with E-state index < -0.39 is 0 Å². The fourth-order valence-corrected chi connectivity index (χ4v) is 4.65. The third kappa shape index (κ3) is 3.55. The highest BCUT2D eigenvalue weighted by atomic mass is 35.5. The highest BCUT2D eigenvalue weighted by Crippen LogP contribution is 2.29. The number of rotatable bonds is 5. The monoisotopic (exact) mass is 455 g/mol. The second kappa shape index (κ2) is 7.75. The van der Waals surface area contributed by atoms with Crippen molar-refractivity contribution < 1.29 is 4.42 Å². The van der Waals surface area contributed by atoms with Crippen LogP contribution in [0.4, 0.5) is 0 Å². The first-order valence-corrected chi connectivity index (χ1v) is 11.2. The summed E-state index contributed by atoms with van der Waals surface area (Å²) in [5, 5.41) is 14.5. The van der Waals surface area contributed by atoms with Gasteiger partial charge in [-0.15, -0.1) is 16.4 Å². The zero-order valence-corrected chi connectivity index (χ0v) is 18.0. The minimum atomic E-state index is -0.280. The summed E-state index contributed by atoms with van der Waals surface area (Å²) in [6.07, 6.45) is 0. The number of aromatic amines is 1. The summed E-state index contributed by atoms with van der Waals surface area (Å²) in [7, 11) is 0. The van der Waals surface area contributed by atoms with Crippen LogP contribution >= 0.6 is 34.7 Å². The van der Waals surface area contributed by atoms with Crippen molar-refractivity contribution in [1.29, 1.82) is 0 Å². The van der Waals surface area contributed by atoms with Crippen molar-refractivity contribution in [2.24, 2.45) is 0 Å². The molecule has 0 spiro atoms. The molecule has 0 unspecified atom stereocenters. The standard InChI is InChI=1S/C20H14ClN5O2S2/c1-11-15(22-19(28-11)12-4-6-13(21)7-5-12)10-30-20-24-23-18(27)16-9-14(25-26(16)20)17-3-2-8-29-17/h2-9H,10H2,1H3,(H,23,27). The van der Waals surface area contributed by atoms with Crippen LogP contribution in [-0.2, 0) is 5.75 Å². The van der Waals surface area contributed by atoms with Crippen LogP contribution in [0.3, 0.4) is 0 Å². The molecule has 30 heavy (non-hydrogen) atoms. The Bertz CT molecular complexity index is 1390.